The van der Waals surface area contributed by atoms with Crippen LogP contribution in [-0.4, -0.2) is 29.6 Å². The Morgan fingerprint density at radius 1 is 1.12 bits per heavy atom. The highest BCUT2D eigenvalue weighted by molar-refractivity contribution is 7.92. The van der Waals surface area contributed by atoms with Crippen LogP contribution < -0.4 is 21.3 Å². The summed E-state index contributed by atoms with van der Waals surface area (Å²) >= 11 is 0. The Kier molecular flexibility index (Phi) is 7.25. The van der Waals surface area contributed by atoms with E-state index < -0.39 is 15.6 Å². The smallest absolute Gasteiger partial charge is 0.275 e. The molecule has 0 saturated heterocycles. The average Bonchev–Trinajstić information content (AvgIpc) is 3.61. The lowest BCUT2D eigenvalue weighted by molar-refractivity contribution is -0.121. The molecule has 2 heterocycles. The first-order valence-corrected chi connectivity index (χ1v) is 13.6. The van der Waals surface area contributed by atoms with Gasteiger partial charge in [0, 0.05) is 17.9 Å². The van der Waals surface area contributed by atoms with Crippen LogP contribution in [0.15, 0.2) is 29.1 Å². The number of aromatic nitrogens is 2. The Morgan fingerprint density at radius 2 is 1.85 bits per heavy atom. The molecule has 2 aromatic heterocycles. The number of nitrogens with two attached hydrogens (primary N) is 1. The number of nitrogens with zero attached hydrogens (tertiary/aromatic N) is 2. The maximum Gasteiger partial charge on any atom is 0.275 e. The van der Waals surface area contributed by atoms with Gasteiger partial charge in [0.05, 0.1) is 5.75 Å². The van der Waals surface area contributed by atoms with Gasteiger partial charge in [-0.2, -0.15) is 0 Å². The zero-order chi connectivity index (χ0) is 24.3. The van der Waals surface area contributed by atoms with E-state index in [1.807, 2.05) is 13.0 Å². The molecule has 2 aromatic rings. The monoisotopic (exact) mass is 487 g/mol. The number of carbonyl (C=O) groups is 1. The van der Waals surface area contributed by atoms with E-state index in [1.54, 1.807) is 12.1 Å². The quantitative estimate of drug-likeness (QED) is 0.497. The van der Waals surface area contributed by atoms with E-state index in [0.717, 1.165) is 61.9 Å². The molecule has 4 rings (SSSR count). The molecule has 2 saturated carbocycles. The Morgan fingerprint density at radius 3 is 2.53 bits per heavy atom. The van der Waals surface area contributed by atoms with Crippen molar-refractivity contribution in [2.24, 2.45) is 5.92 Å². The predicted molar refractivity (Wildman–Crippen MR) is 132 cm³/mol. The van der Waals surface area contributed by atoms with Crippen molar-refractivity contribution in [1.82, 2.24) is 14.9 Å². The molecule has 9 nitrogen and oxygen atoms in total. The third kappa shape index (κ3) is 6.16. The molecular weight excluding hydrogens is 454 g/mol. The zero-order valence-corrected chi connectivity index (χ0v) is 20.4. The first-order chi connectivity index (χ1) is 16.2. The van der Waals surface area contributed by atoms with E-state index in [9.17, 15) is 18.0 Å². The van der Waals surface area contributed by atoms with Gasteiger partial charge in [0.1, 0.15) is 18.1 Å². The summed E-state index contributed by atoms with van der Waals surface area (Å²) in [6, 6.07) is 6.78. The molecule has 0 radical (unpaired) electrons. The van der Waals surface area contributed by atoms with Crippen molar-refractivity contribution in [2.75, 3.05) is 16.2 Å². The number of carbonyl (C=O) groups excluding carboxylic acids is 1. The second-order valence-electron chi connectivity index (χ2n) is 9.48. The topological polar surface area (TPSA) is 136 Å². The van der Waals surface area contributed by atoms with Crippen molar-refractivity contribution in [3.8, 4) is 0 Å². The third-order valence-corrected chi connectivity index (χ3v) is 8.08. The molecule has 0 aliphatic heterocycles. The molecule has 1 amide bonds. The van der Waals surface area contributed by atoms with Crippen LogP contribution in [0, 0.1) is 12.8 Å². The molecular formula is C24H33N5O4S. The molecule has 2 fully saturated rings. The van der Waals surface area contributed by atoms with Crippen LogP contribution in [0.4, 0.5) is 11.5 Å². The van der Waals surface area contributed by atoms with Gasteiger partial charge in [-0.3, -0.25) is 14.3 Å². The van der Waals surface area contributed by atoms with Crippen molar-refractivity contribution in [2.45, 2.75) is 70.9 Å². The summed E-state index contributed by atoms with van der Waals surface area (Å²) in [7, 11) is -3.66. The van der Waals surface area contributed by atoms with E-state index in [0.29, 0.717) is 5.82 Å². The lowest BCUT2D eigenvalue weighted by Crippen LogP contribution is -2.35. The number of pyridine rings is 2. The van der Waals surface area contributed by atoms with Gasteiger partial charge in [0.15, 0.2) is 0 Å². The van der Waals surface area contributed by atoms with Crippen LogP contribution in [-0.2, 0) is 27.9 Å². The highest BCUT2D eigenvalue weighted by Crippen LogP contribution is 2.39. The van der Waals surface area contributed by atoms with Gasteiger partial charge in [0.25, 0.3) is 5.56 Å². The largest absolute Gasteiger partial charge is 0.384 e. The molecule has 184 valence electrons. The van der Waals surface area contributed by atoms with Gasteiger partial charge in [-0.1, -0.05) is 25.3 Å². The summed E-state index contributed by atoms with van der Waals surface area (Å²) in [6.07, 6.45) is 6.93. The second-order valence-corrected chi connectivity index (χ2v) is 11.2. The normalized spacial score (nSPS) is 16.9. The lowest BCUT2D eigenvalue weighted by atomic mass is 9.91. The molecule has 2 aliphatic carbocycles. The Labute approximate surface area is 200 Å². The summed E-state index contributed by atoms with van der Waals surface area (Å²) in [5.74, 6) is 0.443. The predicted octanol–water partition coefficient (Wildman–Crippen LogP) is 2.65. The van der Waals surface area contributed by atoms with Gasteiger partial charge < -0.3 is 15.6 Å². The number of nitrogens with one attached hydrogen (secondary N) is 2. The van der Waals surface area contributed by atoms with Crippen LogP contribution in [0.2, 0.25) is 0 Å². The molecule has 4 N–H and O–H groups in total. The minimum absolute atomic E-state index is 0.00779. The fraction of sp³-hybridized carbons (Fsp3) is 0.542. The second kappa shape index (κ2) is 10.2. The number of hydrogen-bond acceptors (Lipinski definition) is 6. The number of sulfonamides is 1. The first kappa shape index (κ1) is 24.3. The summed E-state index contributed by atoms with van der Waals surface area (Å²) in [4.78, 5) is 30.1. The van der Waals surface area contributed by atoms with Crippen molar-refractivity contribution in [1.29, 1.82) is 0 Å². The van der Waals surface area contributed by atoms with Gasteiger partial charge in [-0.05, 0) is 68.2 Å². The number of hydrogen-bond donors (Lipinski definition) is 3. The molecule has 0 atom stereocenters. The van der Waals surface area contributed by atoms with E-state index in [4.69, 9.17) is 5.73 Å². The van der Waals surface area contributed by atoms with E-state index in [1.165, 1.54) is 10.6 Å². The Hall–Kier alpha value is -2.88. The van der Waals surface area contributed by atoms with Crippen LogP contribution >= 0.6 is 0 Å². The Balaban J connectivity index is 1.48. The molecule has 10 heteroatoms. The summed E-state index contributed by atoms with van der Waals surface area (Å²) in [5.41, 5.74) is 7.51. The highest BCUT2D eigenvalue weighted by atomic mass is 32.2. The highest BCUT2D eigenvalue weighted by Gasteiger charge is 2.29. The van der Waals surface area contributed by atoms with Crippen molar-refractivity contribution < 1.29 is 13.2 Å². The average molecular weight is 488 g/mol. The van der Waals surface area contributed by atoms with Gasteiger partial charge in [-0.15, -0.1) is 0 Å². The fourth-order valence-corrected chi connectivity index (χ4v) is 6.16. The van der Waals surface area contributed by atoms with E-state index in [2.05, 4.69) is 15.0 Å². The minimum atomic E-state index is -3.66. The van der Waals surface area contributed by atoms with Crippen LogP contribution in [0.1, 0.15) is 67.8 Å². The summed E-state index contributed by atoms with van der Waals surface area (Å²) in [6.45, 7) is 1.90. The minimum Gasteiger partial charge on any atom is -0.384 e. The first-order valence-electron chi connectivity index (χ1n) is 11.9. The number of nitrogen functional groups attached to an aromatic ring is 1. The molecule has 0 bridgehead atoms. The molecule has 0 aromatic carbocycles. The third-order valence-electron chi connectivity index (χ3n) is 6.64. The van der Waals surface area contributed by atoms with Gasteiger partial charge in [0.2, 0.25) is 15.9 Å². The fourth-order valence-electron chi connectivity index (χ4n) is 4.63. The van der Waals surface area contributed by atoms with Crippen molar-refractivity contribution in [3.63, 3.8) is 0 Å². The van der Waals surface area contributed by atoms with Crippen molar-refractivity contribution >= 4 is 27.4 Å². The van der Waals surface area contributed by atoms with Crippen LogP contribution in [0.3, 0.4) is 0 Å². The van der Waals surface area contributed by atoms with Gasteiger partial charge in [-0.25, -0.2) is 13.4 Å². The van der Waals surface area contributed by atoms with E-state index >= 15 is 0 Å². The SMILES string of the molecule is Cc1nc(N)ccc1CNC(=O)Cn1c(C2CC2)ccc(NS(=O)(=O)CC2CCCCC2)c1=O. The van der Waals surface area contributed by atoms with Crippen LogP contribution in [0.25, 0.3) is 0 Å². The molecule has 0 unspecified atom stereocenters. The number of anilines is 2. The van der Waals surface area contributed by atoms with Crippen LogP contribution in [0.5, 0.6) is 0 Å². The Bertz CT molecular complexity index is 1210. The maximum absolute atomic E-state index is 13.2. The number of amides is 1. The lowest BCUT2D eigenvalue weighted by Gasteiger charge is -2.22. The summed E-state index contributed by atoms with van der Waals surface area (Å²) < 4.78 is 29.4. The number of rotatable bonds is 9. The number of aryl methyl sites for hydroxylation is 1. The summed E-state index contributed by atoms with van der Waals surface area (Å²) in [5, 5.41) is 2.83. The standard InChI is InChI=1S/C24H33N5O4S/c1-16-19(9-12-22(25)27-16)13-26-23(30)14-29-21(18-7-8-18)11-10-20(24(29)31)28-34(32,33)15-17-5-3-2-4-6-17/h9-12,17-18,28H,2-8,13-15H2,1H3,(H2,25,27)(H,26,30). The van der Waals surface area contributed by atoms with Gasteiger partial charge >= 0.3 is 0 Å². The molecule has 34 heavy (non-hydrogen) atoms. The zero-order valence-electron chi connectivity index (χ0n) is 19.5. The maximum atomic E-state index is 13.2. The van der Waals surface area contributed by atoms with Crippen molar-refractivity contribution in [3.05, 3.63) is 51.6 Å². The molecule has 2 aliphatic rings. The molecule has 0 spiro atoms. The van der Waals surface area contributed by atoms with E-state index in [-0.39, 0.29) is 42.3 Å².